The zero-order valence-corrected chi connectivity index (χ0v) is 21.2. The molecular formula is C29H30FN5O3. The molecule has 196 valence electrons. The predicted molar refractivity (Wildman–Crippen MR) is 140 cm³/mol. The molecule has 0 spiro atoms. The smallest absolute Gasteiger partial charge is 0.259 e. The van der Waals surface area contributed by atoms with Gasteiger partial charge >= 0.3 is 0 Å². The zero-order chi connectivity index (χ0) is 26.0. The maximum atomic E-state index is 14.1. The predicted octanol–water partition coefficient (Wildman–Crippen LogP) is 3.53. The van der Waals surface area contributed by atoms with Crippen LogP contribution in [0.25, 0.3) is 10.8 Å². The van der Waals surface area contributed by atoms with Gasteiger partial charge in [-0.15, -0.1) is 0 Å². The number of carbonyl (C=O) groups excluding carboxylic acids is 3. The summed E-state index contributed by atoms with van der Waals surface area (Å²) in [7, 11) is 0. The number of hydrogen-bond donors (Lipinski definition) is 1. The van der Waals surface area contributed by atoms with Crippen LogP contribution in [0.2, 0.25) is 0 Å². The second-order valence-electron chi connectivity index (χ2n) is 11.3. The van der Waals surface area contributed by atoms with Gasteiger partial charge in [-0.1, -0.05) is 18.2 Å². The first-order chi connectivity index (χ1) is 18.4. The molecule has 4 aliphatic rings. The molecule has 1 aliphatic carbocycles. The summed E-state index contributed by atoms with van der Waals surface area (Å²) in [6.45, 7) is 2.37. The Bertz CT molecular complexity index is 1470. The van der Waals surface area contributed by atoms with E-state index in [0.29, 0.717) is 43.8 Å². The van der Waals surface area contributed by atoms with Crippen molar-refractivity contribution in [2.45, 2.75) is 62.7 Å². The summed E-state index contributed by atoms with van der Waals surface area (Å²) in [4.78, 5) is 41.4. The minimum absolute atomic E-state index is 0.197. The van der Waals surface area contributed by atoms with Crippen LogP contribution in [0.15, 0.2) is 42.7 Å². The third-order valence-electron chi connectivity index (χ3n) is 8.62. The van der Waals surface area contributed by atoms with Crippen molar-refractivity contribution < 1.29 is 18.8 Å². The van der Waals surface area contributed by atoms with Gasteiger partial charge in [-0.25, -0.2) is 4.39 Å². The summed E-state index contributed by atoms with van der Waals surface area (Å²) in [5.74, 6) is -0.917. The largest absolute Gasteiger partial charge is 0.300 e. The van der Waals surface area contributed by atoms with E-state index in [9.17, 15) is 18.8 Å². The normalized spacial score (nSPS) is 23.3. The SMILES string of the molecule is O=C1CCC(N2C(=O)c3cccc4c(Cc5cnn(C6CCN(CC7(F)CC7)CC6)c5)ccc2c34)C(=O)N1. The van der Waals surface area contributed by atoms with Crippen molar-refractivity contribution in [3.05, 3.63) is 59.4 Å². The quantitative estimate of drug-likeness (QED) is 0.508. The van der Waals surface area contributed by atoms with Gasteiger partial charge in [0.05, 0.1) is 17.9 Å². The molecule has 8 nitrogen and oxygen atoms in total. The van der Waals surface area contributed by atoms with Gasteiger partial charge in [0, 0.05) is 49.6 Å². The molecule has 38 heavy (non-hydrogen) atoms. The molecule has 3 aromatic rings. The number of piperidine rings is 2. The van der Waals surface area contributed by atoms with Crippen LogP contribution in [0.4, 0.5) is 10.1 Å². The monoisotopic (exact) mass is 515 g/mol. The van der Waals surface area contributed by atoms with Gasteiger partial charge in [-0.2, -0.15) is 5.10 Å². The fourth-order valence-electron chi connectivity index (χ4n) is 6.38. The number of likely N-dealkylation sites (tertiary alicyclic amines) is 1. The molecule has 3 amide bonds. The zero-order valence-electron chi connectivity index (χ0n) is 21.2. The summed E-state index contributed by atoms with van der Waals surface area (Å²) < 4.78 is 16.2. The van der Waals surface area contributed by atoms with Crippen molar-refractivity contribution in [2.75, 3.05) is 24.5 Å². The van der Waals surface area contributed by atoms with Crippen LogP contribution < -0.4 is 10.2 Å². The number of nitrogens with zero attached hydrogens (tertiary/aromatic N) is 4. The van der Waals surface area contributed by atoms with Crippen molar-refractivity contribution >= 4 is 34.2 Å². The van der Waals surface area contributed by atoms with Crippen LogP contribution in [0.3, 0.4) is 0 Å². The number of hydrogen-bond acceptors (Lipinski definition) is 5. The van der Waals surface area contributed by atoms with Crippen LogP contribution in [0.1, 0.15) is 66.1 Å². The van der Waals surface area contributed by atoms with Crippen LogP contribution in [-0.4, -0.2) is 63.7 Å². The van der Waals surface area contributed by atoms with Crippen LogP contribution in [0.5, 0.6) is 0 Å². The van der Waals surface area contributed by atoms with Crippen LogP contribution >= 0.6 is 0 Å². The summed E-state index contributed by atoms with van der Waals surface area (Å²) in [5, 5.41) is 8.89. The number of nitrogens with one attached hydrogen (secondary N) is 1. The molecule has 7 rings (SSSR count). The second kappa shape index (κ2) is 8.73. The maximum absolute atomic E-state index is 14.1. The fraction of sp³-hybridized carbons (Fsp3) is 0.448. The first-order valence-corrected chi connectivity index (χ1v) is 13.5. The number of amides is 3. The van der Waals surface area contributed by atoms with E-state index in [1.54, 1.807) is 4.90 Å². The second-order valence-corrected chi connectivity index (χ2v) is 11.3. The maximum Gasteiger partial charge on any atom is 0.259 e. The summed E-state index contributed by atoms with van der Waals surface area (Å²) in [6.07, 6.45) is 8.59. The fourth-order valence-corrected chi connectivity index (χ4v) is 6.38. The number of alkyl halides is 1. The third kappa shape index (κ3) is 4.00. The highest BCUT2D eigenvalue weighted by Crippen LogP contribution is 2.42. The number of halogens is 1. The van der Waals surface area contributed by atoms with Crippen molar-refractivity contribution in [2.24, 2.45) is 0 Å². The molecule has 0 radical (unpaired) electrons. The molecule has 4 heterocycles. The number of imide groups is 1. The Labute approximate surface area is 219 Å². The number of anilines is 1. The van der Waals surface area contributed by atoms with Gasteiger partial charge in [-0.3, -0.25) is 29.3 Å². The van der Waals surface area contributed by atoms with E-state index in [0.717, 1.165) is 53.5 Å². The van der Waals surface area contributed by atoms with Crippen molar-refractivity contribution in [3.8, 4) is 0 Å². The Hall–Kier alpha value is -3.59. The number of aromatic nitrogens is 2. The Morgan fingerprint density at radius 2 is 1.87 bits per heavy atom. The van der Waals surface area contributed by atoms with Crippen LogP contribution in [0, 0.1) is 0 Å². The van der Waals surface area contributed by atoms with E-state index >= 15 is 0 Å². The average Bonchev–Trinajstić information content (AvgIpc) is 3.32. The van der Waals surface area contributed by atoms with Gasteiger partial charge in [0.25, 0.3) is 5.91 Å². The lowest BCUT2D eigenvalue weighted by Gasteiger charge is -2.32. The van der Waals surface area contributed by atoms with Crippen LogP contribution in [-0.2, 0) is 16.0 Å². The highest BCUT2D eigenvalue weighted by atomic mass is 19.1. The van der Waals surface area contributed by atoms with Crippen molar-refractivity contribution in [3.63, 3.8) is 0 Å². The molecule has 2 aromatic carbocycles. The summed E-state index contributed by atoms with van der Waals surface area (Å²) in [5.41, 5.74) is 2.57. The first-order valence-electron chi connectivity index (χ1n) is 13.5. The van der Waals surface area contributed by atoms with E-state index in [4.69, 9.17) is 0 Å². The molecule has 0 bridgehead atoms. The number of rotatable bonds is 6. The van der Waals surface area contributed by atoms with E-state index in [2.05, 4.69) is 26.2 Å². The van der Waals surface area contributed by atoms with Gasteiger partial charge in [-0.05, 0) is 60.7 Å². The molecule has 1 aromatic heterocycles. The number of carbonyl (C=O) groups is 3. The molecule has 1 saturated carbocycles. The van der Waals surface area contributed by atoms with Gasteiger partial charge in [0.1, 0.15) is 11.7 Å². The minimum atomic E-state index is -0.936. The molecular weight excluding hydrogens is 485 g/mol. The Morgan fingerprint density at radius 3 is 2.63 bits per heavy atom. The molecule has 9 heteroatoms. The van der Waals surface area contributed by atoms with Gasteiger partial charge < -0.3 is 4.90 Å². The lowest BCUT2D eigenvalue weighted by molar-refractivity contribution is -0.134. The van der Waals surface area contributed by atoms with E-state index in [-0.39, 0.29) is 18.2 Å². The lowest BCUT2D eigenvalue weighted by atomic mass is 9.97. The topological polar surface area (TPSA) is 87.5 Å². The van der Waals surface area contributed by atoms with Crippen molar-refractivity contribution in [1.29, 1.82) is 0 Å². The highest BCUT2D eigenvalue weighted by Gasteiger charge is 2.45. The lowest BCUT2D eigenvalue weighted by Crippen LogP contribution is -2.53. The Kier molecular flexibility index (Phi) is 5.40. The minimum Gasteiger partial charge on any atom is -0.300 e. The van der Waals surface area contributed by atoms with Gasteiger partial charge in [0.15, 0.2) is 0 Å². The van der Waals surface area contributed by atoms with Crippen molar-refractivity contribution in [1.82, 2.24) is 20.0 Å². The Morgan fingerprint density at radius 1 is 1.05 bits per heavy atom. The standard InChI is InChI=1S/C29H30FN5O3/c30-29(10-11-29)17-33-12-8-20(9-13-33)34-16-18(15-31-34)14-19-4-5-23-26-21(19)2-1-3-22(26)28(38)35(23)24-6-7-25(36)32-27(24)37/h1-5,15-16,20,24H,6-14,17H2,(H,32,36,37). The van der Waals surface area contributed by atoms with E-state index in [1.807, 2.05) is 36.5 Å². The van der Waals surface area contributed by atoms with Gasteiger partial charge in [0.2, 0.25) is 11.8 Å². The molecule has 1 unspecified atom stereocenters. The summed E-state index contributed by atoms with van der Waals surface area (Å²) >= 11 is 0. The first kappa shape index (κ1) is 23.5. The van der Waals surface area contributed by atoms with E-state index < -0.39 is 17.6 Å². The third-order valence-corrected chi connectivity index (χ3v) is 8.62. The summed E-state index contributed by atoms with van der Waals surface area (Å²) in [6, 6.07) is 9.30. The highest BCUT2D eigenvalue weighted by molar-refractivity contribution is 6.27. The molecule has 3 fully saturated rings. The molecule has 2 saturated heterocycles. The van der Waals surface area contributed by atoms with E-state index in [1.165, 1.54) is 0 Å². The molecule has 3 aliphatic heterocycles. The average molecular weight is 516 g/mol. The Balaban J connectivity index is 1.11. The number of benzene rings is 2. The molecule has 1 N–H and O–H groups in total. The molecule has 1 atom stereocenters.